The Labute approximate surface area is 439 Å². The van der Waals surface area contributed by atoms with Crippen molar-refractivity contribution in [3.63, 3.8) is 0 Å². The fourth-order valence-corrected chi connectivity index (χ4v) is 9.55. The van der Waals surface area contributed by atoms with Gasteiger partial charge in [0, 0.05) is 12.8 Å². The molecular formula is C59H106O12S. The van der Waals surface area contributed by atoms with Crippen molar-refractivity contribution in [1.82, 2.24) is 0 Å². The normalized spacial score (nSPS) is 19.1. The van der Waals surface area contributed by atoms with Crippen molar-refractivity contribution in [2.24, 2.45) is 0 Å². The summed E-state index contributed by atoms with van der Waals surface area (Å²) < 4.78 is 54.4. The fraction of sp³-hybridized carbons (Fsp3) is 0.831. The summed E-state index contributed by atoms with van der Waals surface area (Å²) >= 11 is 0. The van der Waals surface area contributed by atoms with Gasteiger partial charge >= 0.3 is 11.9 Å². The topological polar surface area (TPSA) is 186 Å². The molecular weight excluding hydrogens is 933 g/mol. The van der Waals surface area contributed by atoms with Crippen LogP contribution in [0.3, 0.4) is 0 Å². The smallest absolute Gasteiger partial charge is 0.306 e. The second-order valence-corrected chi connectivity index (χ2v) is 21.8. The van der Waals surface area contributed by atoms with E-state index in [0.717, 1.165) is 64.2 Å². The van der Waals surface area contributed by atoms with E-state index < -0.39 is 71.2 Å². The average Bonchev–Trinajstić information content (AvgIpc) is 3.35. The van der Waals surface area contributed by atoms with Crippen LogP contribution in [-0.2, 0) is 38.7 Å². The quantitative estimate of drug-likeness (QED) is 0.0196. The summed E-state index contributed by atoms with van der Waals surface area (Å²) in [4.78, 5) is 25.6. The van der Waals surface area contributed by atoms with E-state index in [4.69, 9.17) is 18.9 Å². The summed E-state index contributed by atoms with van der Waals surface area (Å²) in [6.07, 6.45) is 51.4. The molecule has 0 amide bonds. The van der Waals surface area contributed by atoms with Gasteiger partial charge in [0.25, 0.3) is 10.1 Å². The van der Waals surface area contributed by atoms with Crippen molar-refractivity contribution in [2.45, 2.75) is 295 Å². The van der Waals surface area contributed by atoms with Crippen LogP contribution in [0.1, 0.15) is 258 Å². The van der Waals surface area contributed by atoms with Crippen LogP contribution in [0.25, 0.3) is 0 Å². The third-order valence-electron chi connectivity index (χ3n) is 13.4. The second-order valence-electron chi connectivity index (χ2n) is 20.3. The highest BCUT2D eigenvalue weighted by molar-refractivity contribution is 7.85. The van der Waals surface area contributed by atoms with Gasteiger partial charge in [-0.05, 0) is 77.0 Å². The minimum absolute atomic E-state index is 0.161. The lowest BCUT2D eigenvalue weighted by atomic mass is 10.00. The molecule has 420 valence electrons. The van der Waals surface area contributed by atoms with Gasteiger partial charge in [0.2, 0.25) is 0 Å². The Balaban J connectivity index is 2.31. The molecule has 0 radical (unpaired) electrons. The number of aliphatic hydroxyl groups is 3. The van der Waals surface area contributed by atoms with E-state index in [1.807, 2.05) is 0 Å². The van der Waals surface area contributed by atoms with Crippen molar-refractivity contribution in [2.75, 3.05) is 19.0 Å². The first kappa shape index (κ1) is 67.6. The molecule has 4 N–H and O–H groups in total. The molecule has 0 aromatic heterocycles. The first-order chi connectivity index (χ1) is 35.0. The van der Waals surface area contributed by atoms with E-state index in [1.54, 1.807) is 0 Å². The standard InChI is InChI=1S/C59H106O12S/c1-3-5-7-9-11-13-15-17-19-21-23-25-26-28-30-32-34-36-38-40-42-44-46-48-55(61)70-52(50-69-59-58(64)57(63)56(62)53(71-59)51-72(65,66)67)49-68-54(60)47-45-43-41-39-37-35-33-31-29-27-24-22-20-18-16-14-12-10-8-6-4-2/h15-18,21-24,52-53,56-59,62-64H,3-14,19-20,25-51H2,1-2H3,(H,65,66,67)/b17-15-,18-16-,23-21-,24-22-. The lowest BCUT2D eigenvalue weighted by Crippen LogP contribution is -2.60. The van der Waals surface area contributed by atoms with E-state index in [1.165, 1.54) is 154 Å². The number of allylic oxidation sites excluding steroid dienone is 8. The molecule has 1 saturated heterocycles. The number of ether oxygens (including phenoxy) is 4. The lowest BCUT2D eigenvalue weighted by molar-refractivity contribution is -0.297. The highest BCUT2D eigenvalue weighted by Gasteiger charge is 2.46. The summed E-state index contributed by atoms with van der Waals surface area (Å²) in [5, 5.41) is 31.1. The van der Waals surface area contributed by atoms with Gasteiger partial charge in [0.15, 0.2) is 12.4 Å². The van der Waals surface area contributed by atoms with Gasteiger partial charge in [-0.3, -0.25) is 14.1 Å². The van der Waals surface area contributed by atoms with E-state index >= 15 is 0 Å². The Kier molecular flexibility index (Phi) is 45.3. The Hall–Kier alpha value is -2.39. The summed E-state index contributed by atoms with van der Waals surface area (Å²) in [6.45, 7) is 3.78. The van der Waals surface area contributed by atoms with E-state index in [-0.39, 0.29) is 19.4 Å². The molecule has 0 bridgehead atoms. The Morgan fingerprint density at radius 2 is 0.833 bits per heavy atom. The molecule has 1 aliphatic heterocycles. The molecule has 1 heterocycles. The fourth-order valence-electron chi connectivity index (χ4n) is 8.86. The molecule has 0 aromatic rings. The lowest BCUT2D eigenvalue weighted by Gasteiger charge is -2.40. The van der Waals surface area contributed by atoms with E-state index in [0.29, 0.717) is 12.8 Å². The van der Waals surface area contributed by atoms with Gasteiger partial charge < -0.3 is 34.3 Å². The zero-order valence-electron chi connectivity index (χ0n) is 45.5. The second kappa shape index (κ2) is 48.3. The summed E-state index contributed by atoms with van der Waals surface area (Å²) in [6, 6.07) is 0. The third kappa shape index (κ3) is 41.9. The Morgan fingerprint density at radius 3 is 1.22 bits per heavy atom. The van der Waals surface area contributed by atoms with Crippen LogP contribution in [0.5, 0.6) is 0 Å². The number of esters is 2. The molecule has 12 nitrogen and oxygen atoms in total. The minimum atomic E-state index is -4.61. The predicted molar refractivity (Wildman–Crippen MR) is 293 cm³/mol. The van der Waals surface area contributed by atoms with Crippen molar-refractivity contribution in [1.29, 1.82) is 0 Å². The van der Waals surface area contributed by atoms with Gasteiger partial charge in [-0.25, -0.2) is 0 Å². The maximum absolute atomic E-state index is 12.9. The number of rotatable bonds is 50. The zero-order chi connectivity index (χ0) is 52.6. The summed E-state index contributed by atoms with van der Waals surface area (Å²) in [5.74, 6) is -1.98. The minimum Gasteiger partial charge on any atom is -0.462 e. The van der Waals surface area contributed by atoms with Crippen LogP contribution in [-0.4, -0.2) is 96.0 Å². The number of aliphatic hydroxyl groups excluding tert-OH is 3. The molecule has 6 unspecified atom stereocenters. The van der Waals surface area contributed by atoms with Gasteiger partial charge in [0.05, 0.1) is 6.61 Å². The molecule has 1 rings (SSSR count). The predicted octanol–water partition coefficient (Wildman–Crippen LogP) is 14.2. The Bertz CT molecular complexity index is 1500. The van der Waals surface area contributed by atoms with Crippen LogP contribution >= 0.6 is 0 Å². The third-order valence-corrected chi connectivity index (χ3v) is 14.1. The SMILES string of the molecule is CCCCCCC/C=C\C/C=C\CCCCCCCCCCCCCC(=O)OC(COC(=O)CCCCCCCCCCC/C=C\C/C=C\CCCCCCC)COC1OC(CS(=O)(=O)O)C(O)C(O)C1O. The molecule has 13 heteroatoms. The average molecular weight is 1040 g/mol. The van der Waals surface area contributed by atoms with Crippen molar-refractivity contribution in [3.05, 3.63) is 48.6 Å². The number of carbonyl (C=O) groups excluding carboxylic acids is 2. The maximum Gasteiger partial charge on any atom is 0.306 e. The molecule has 0 aromatic carbocycles. The van der Waals surface area contributed by atoms with Crippen LogP contribution < -0.4 is 0 Å². The molecule has 0 spiro atoms. The molecule has 1 fully saturated rings. The van der Waals surface area contributed by atoms with E-state index in [2.05, 4.69) is 62.5 Å². The highest BCUT2D eigenvalue weighted by Crippen LogP contribution is 2.24. The van der Waals surface area contributed by atoms with Crippen LogP contribution in [0.2, 0.25) is 0 Å². The molecule has 1 aliphatic rings. The van der Waals surface area contributed by atoms with Crippen molar-refractivity contribution < 1.29 is 56.8 Å². The van der Waals surface area contributed by atoms with E-state index in [9.17, 15) is 37.9 Å². The Morgan fingerprint density at radius 1 is 0.472 bits per heavy atom. The molecule has 6 atom stereocenters. The molecule has 0 saturated carbocycles. The monoisotopic (exact) mass is 1040 g/mol. The van der Waals surface area contributed by atoms with Gasteiger partial charge in [0.1, 0.15) is 36.8 Å². The highest BCUT2D eigenvalue weighted by atomic mass is 32.2. The molecule has 0 aliphatic carbocycles. The van der Waals surface area contributed by atoms with Gasteiger partial charge in [-0.15, -0.1) is 0 Å². The maximum atomic E-state index is 12.9. The number of hydrogen-bond acceptors (Lipinski definition) is 11. The van der Waals surface area contributed by atoms with Crippen LogP contribution in [0.15, 0.2) is 48.6 Å². The number of carbonyl (C=O) groups is 2. The summed E-state index contributed by atoms with van der Waals surface area (Å²) in [5.41, 5.74) is 0. The molecule has 72 heavy (non-hydrogen) atoms. The van der Waals surface area contributed by atoms with Crippen molar-refractivity contribution in [3.8, 4) is 0 Å². The van der Waals surface area contributed by atoms with Gasteiger partial charge in [-0.2, -0.15) is 8.42 Å². The first-order valence-electron chi connectivity index (χ1n) is 29.2. The van der Waals surface area contributed by atoms with Crippen molar-refractivity contribution >= 4 is 22.1 Å². The summed E-state index contributed by atoms with van der Waals surface area (Å²) in [7, 11) is -4.61. The van der Waals surface area contributed by atoms with Crippen LogP contribution in [0.4, 0.5) is 0 Å². The van der Waals surface area contributed by atoms with Crippen LogP contribution in [0, 0.1) is 0 Å². The largest absolute Gasteiger partial charge is 0.462 e. The number of unbranched alkanes of at least 4 members (excludes halogenated alkanes) is 30. The number of hydrogen-bond donors (Lipinski definition) is 4. The van der Waals surface area contributed by atoms with Gasteiger partial charge in [-0.1, -0.05) is 217 Å². The zero-order valence-corrected chi connectivity index (χ0v) is 46.4. The first-order valence-corrected chi connectivity index (χ1v) is 30.8.